The molecule has 1 aromatic carbocycles. The van der Waals surface area contributed by atoms with E-state index in [-0.39, 0.29) is 16.3 Å². The first-order valence-corrected chi connectivity index (χ1v) is 8.12. The maximum absolute atomic E-state index is 11.8. The van der Waals surface area contributed by atoms with E-state index in [1.54, 1.807) is 0 Å². The average Bonchev–Trinajstić information content (AvgIpc) is 2.36. The maximum atomic E-state index is 11.8. The number of nitrogens with one attached hydrogen (secondary N) is 1. The predicted molar refractivity (Wildman–Crippen MR) is 70.6 cm³/mol. The van der Waals surface area contributed by atoms with Crippen molar-refractivity contribution in [3.05, 3.63) is 41.0 Å². The van der Waals surface area contributed by atoms with Crippen LogP contribution >= 0.6 is 0 Å². The lowest BCUT2D eigenvalue weighted by Crippen LogP contribution is -2.29. The van der Waals surface area contributed by atoms with Crippen LogP contribution in [0.25, 0.3) is 9.69 Å². The van der Waals surface area contributed by atoms with Gasteiger partial charge in [0, 0.05) is 6.54 Å². The molecule has 0 bridgehead atoms. The van der Waals surface area contributed by atoms with Gasteiger partial charge in [0.25, 0.3) is 10.1 Å². The minimum atomic E-state index is -4.27. The third-order valence-electron chi connectivity index (χ3n) is 2.15. The van der Waals surface area contributed by atoms with Crippen molar-refractivity contribution in [2.24, 2.45) is 0 Å². The van der Waals surface area contributed by atoms with Crippen molar-refractivity contribution in [3.63, 3.8) is 0 Å². The third-order valence-corrected chi connectivity index (χ3v) is 4.33. The molecule has 0 aliphatic heterocycles. The topological polar surface area (TPSA) is 109 Å². The highest BCUT2D eigenvalue weighted by molar-refractivity contribution is 7.89. The monoisotopic (exact) mass is 315 g/mol. The molecule has 0 atom stereocenters. The summed E-state index contributed by atoms with van der Waals surface area (Å²) in [6.07, 6.45) is 0. The first-order chi connectivity index (χ1) is 9.19. The zero-order valence-electron chi connectivity index (χ0n) is 9.94. The van der Waals surface area contributed by atoms with Gasteiger partial charge in [0.15, 0.2) is 11.4 Å². The zero-order valence-corrected chi connectivity index (χ0v) is 11.6. The molecular weight excluding hydrogens is 306 g/mol. The van der Waals surface area contributed by atoms with E-state index in [4.69, 9.17) is 17.7 Å². The summed E-state index contributed by atoms with van der Waals surface area (Å²) in [4.78, 5) is 5.85. The number of sulfonamides is 1. The highest BCUT2D eigenvalue weighted by atomic mass is 32.2. The highest BCUT2D eigenvalue weighted by Crippen LogP contribution is 2.30. The summed E-state index contributed by atoms with van der Waals surface area (Å²) >= 11 is 0. The maximum Gasteiger partial charge on any atom is 0.266 e. The molecule has 0 saturated carbocycles. The van der Waals surface area contributed by atoms with Crippen molar-refractivity contribution in [2.45, 2.75) is 4.90 Å². The van der Waals surface area contributed by atoms with Gasteiger partial charge in [0.2, 0.25) is 10.0 Å². The molecule has 0 radical (unpaired) electrons. The molecule has 0 amide bonds. The molecule has 2 N–H and O–H groups in total. The molecule has 10 heteroatoms. The van der Waals surface area contributed by atoms with Crippen LogP contribution in [0.4, 0.5) is 11.4 Å². The van der Waals surface area contributed by atoms with Gasteiger partial charge < -0.3 is 0 Å². The summed E-state index contributed by atoms with van der Waals surface area (Å²) < 4.78 is 55.1. The van der Waals surface area contributed by atoms with Gasteiger partial charge in [-0.15, -0.1) is 0 Å². The minimum Gasteiger partial charge on any atom is -0.286 e. The van der Waals surface area contributed by atoms with Gasteiger partial charge in [-0.2, -0.15) is 8.42 Å². The standard InChI is InChI=1S/C10H9N3O5S2/c1-11-9-4-3-8(7-10(9)12-2)20(17,18)13-5-6-19(14,15)16/h3-4,7,13H,5-6H2,(H,14,15,16). The van der Waals surface area contributed by atoms with Crippen molar-refractivity contribution in [3.8, 4) is 0 Å². The summed E-state index contributed by atoms with van der Waals surface area (Å²) in [5, 5.41) is 0. The van der Waals surface area contributed by atoms with E-state index in [0.717, 1.165) is 12.1 Å². The first kappa shape index (κ1) is 16.1. The van der Waals surface area contributed by atoms with Crippen LogP contribution in [0.2, 0.25) is 0 Å². The fourth-order valence-corrected chi connectivity index (χ4v) is 2.78. The zero-order chi connectivity index (χ0) is 15.4. The van der Waals surface area contributed by atoms with Crippen molar-refractivity contribution < 1.29 is 21.4 Å². The van der Waals surface area contributed by atoms with Crippen LogP contribution in [-0.4, -0.2) is 33.7 Å². The van der Waals surface area contributed by atoms with Crippen molar-refractivity contribution in [1.82, 2.24) is 4.72 Å². The largest absolute Gasteiger partial charge is 0.286 e. The fraction of sp³-hybridized carbons (Fsp3) is 0.200. The molecule has 0 aliphatic rings. The molecule has 0 saturated heterocycles. The Kier molecular flexibility index (Phi) is 4.81. The lowest BCUT2D eigenvalue weighted by Gasteiger charge is -2.06. The van der Waals surface area contributed by atoms with Gasteiger partial charge in [-0.1, -0.05) is 12.1 Å². The SMILES string of the molecule is [C-]#[N+]c1ccc(S(=O)(=O)NCCS(=O)(=O)O)cc1[N+]#[C-]. The van der Waals surface area contributed by atoms with Crippen molar-refractivity contribution >= 4 is 31.5 Å². The van der Waals surface area contributed by atoms with Crippen LogP contribution < -0.4 is 4.72 Å². The van der Waals surface area contributed by atoms with Gasteiger partial charge in [0.1, 0.15) is 0 Å². The molecule has 1 rings (SSSR count). The summed E-state index contributed by atoms with van der Waals surface area (Å²) in [6.45, 7) is 13.2. The lowest BCUT2D eigenvalue weighted by molar-refractivity contribution is 0.482. The Bertz CT molecular complexity index is 800. The third kappa shape index (κ3) is 4.29. The van der Waals surface area contributed by atoms with Crippen LogP contribution in [-0.2, 0) is 20.1 Å². The molecule has 0 fully saturated rings. The number of nitrogens with zero attached hydrogens (tertiary/aromatic N) is 2. The molecule has 0 spiro atoms. The van der Waals surface area contributed by atoms with Gasteiger partial charge in [0.05, 0.1) is 23.8 Å². The summed E-state index contributed by atoms with van der Waals surface area (Å²) in [7, 11) is -8.28. The van der Waals surface area contributed by atoms with Crippen LogP contribution in [0.5, 0.6) is 0 Å². The quantitative estimate of drug-likeness (QED) is 0.621. The Morgan fingerprint density at radius 2 is 1.70 bits per heavy atom. The highest BCUT2D eigenvalue weighted by Gasteiger charge is 2.17. The van der Waals surface area contributed by atoms with Crippen molar-refractivity contribution in [1.29, 1.82) is 0 Å². The number of hydrogen-bond donors (Lipinski definition) is 2. The molecule has 0 aliphatic carbocycles. The second-order valence-electron chi connectivity index (χ2n) is 3.56. The van der Waals surface area contributed by atoms with E-state index in [0.29, 0.717) is 0 Å². The fourth-order valence-electron chi connectivity index (χ4n) is 1.24. The lowest BCUT2D eigenvalue weighted by atomic mass is 10.3. The predicted octanol–water partition coefficient (Wildman–Crippen LogP) is 0.954. The molecule has 0 unspecified atom stereocenters. The van der Waals surface area contributed by atoms with E-state index < -0.39 is 32.4 Å². The number of hydrogen-bond acceptors (Lipinski definition) is 4. The smallest absolute Gasteiger partial charge is 0.266 e. The Balaban J connectivity index is 3.00. The second-order valence-corrected chi connectivity index (χ2v) is 6.90. The van der Waals surface area contributed by atoms with E-state index in [9.17, 15) is 16.8 Å². The van der Waals surface area contributed by atoms with E-state index in [1.807, 2.05) is 4.72 Å². The second kappa shape index (κ2) is 5.98. The molecule has 20 heavy (non-hydrogen) atoms. The number of benzene rings is 1. The first-order valence-electron chi connectivity index (χ1n) is 5.03. The molecule has 0 heterocycles. The molecule has 8 nitrogen and oxygen atoms in total. The van der Waals surface area contributed by atoms with Gasteiger partial charge in [-0.25, -0.2) is 13.1 Å². The van der Waals surface area contributed by atoms with Crippen LogP contribution in [0.1, 0.15) is 0 Å². The summed E-state index contributed by atoms with van der Waals surface area (Å²) in [5.74, 6) is -0.762. The van der Waals surface area contributed by atoms with Gasteiger partial charge in [-0.05, 0) is 6.07 Å². The molecule has 0 aromatic heterocycles. The summed E-state index contributed by atoms with van der Waals surface area (Å²) in [5.41, 5.74) is -0.0884. The number of rotatable bonds is 5. The van der Waals surface area contributed by atoms with Crippen LogP contribution in [0, 0.1) is 13.1 Å². The van der Waals surface area contributed by atoms with Crippen LogP contribution in [0.15, 0.2) is 23.1 Å². The Labute approximate surface area is 116 Å². The Morgan fingerprint density at radius 3 is 2.20 bits per heavy atom. The molecule has 1 aromatic rings. The van der Waals surface area contributed by atoms with Crippen LogP contribution in [0.3, 0.4) is 0 Å². The van der Waals surface area contributed by atoms with E-state index in [2.05, 4.69) is 9.69 Å². The molecule has 106 valence electrons. The van der Waals surface area contributed by atoms with E-state index >= 15 is 0 Å². The summed E-state index contributed by atoms with van der Waals surface area (Å²) in [6, 6.07) is 3.35. The minimum absolute atomic E-state index is 0.0249. The Hall–Kier alpha value is -1.98. The van der Waals surface area contributed by atoms with Gasteiger partial charge >= 0.3 is 0 Å². The molecular formula is C10H9N3O5S2. The van der Waals surface area contributed by atoms with E-state index in [1.165, 1.54) is 6.07 Å². The van der Waals surface area contributed by atoms with Crippen molar-refractivity contribution in [2.75, 3.05) is 12.3 Å². The Morgan fingerprint density at radius 1 is 1.10 bits per heavy atom. The average molecular weight is 315 g/mol. The normalized spacial score (nSPS) is 11.6. The van der Waals surface area contributed by atoms with Gasteiger partial charge in [-0.3, -0.25) is 14.2 Å².